The molecule has 1 aliphatic heterocycles. The van der Waals surface area contributed by atoms with Gasteiger partial charge in [0, 0.05) is 19.0 Å². The molecule has 0 aromatic heterocycles. The van der Waals surface area contributed by atoms with E-state index in [1.165, 1.54) is 6.42 Å². The largest absolute Gasteiger partial charge is 0.342 e. The molecule has 2 fully saturated rings. The third-order valence-corrected chi connectivity index (χ3v) is 5.00. The number of nitriles is 1. The summed E-state index contributed by atoms with van der Waals surface area (Å²) < 4.78 is 0. The lowest BCUT2D eigenvalue weighted by molar-refractivity contribution is -0.140. The molecule has 3 heteroatoms. The molecule has 0 spiro atoms. The van der Waals surface area contributed by atoms with Crippen molar-refractivity contribution in [2.75, 3.05) is 13.1 Å². The standard InChI is InChI=1S/C15H24N2O/c1-14(2)6-4-5-12(14)13(18)17-9-7-15(3,11-16)8-10-17/h12H,4-10H2,1-3H3. The van der Waals surface area contributed by atoms with Crippen LogP contribution in [0.2, 0.25) is 0 Å². The Labute approximate surface area is 110 Å². The molecule has 1 amide bonds. The number of nitrogens with zero attached hydrogens (tertiary/aromatic N) is 2. The van der Waals surface area contributed by atoms with Crippen LogP contribution in [-0.2, 0) is 4.79 Å². The Morgan fingerprint density at radius 2 is 1.83 bits per heavy atom. The van der Waals surface area contributed by atoms with E-state index < -0.39 is 0 Å². The highest BCUT2D eigenvalue weighted by molar-refractivity contribution is 5.80. The Hall–Kier alpha value is -1.04. The molecule has 1 aliphatic carbocycles. The summed E-state index contributed by atoms with van der Waals surface area (Å²) in [7, 11) is 0. The molecule has 1 heterocycles. The predicted octanol–water partition coefficient (Wildman–Crippen LogP) is 2.96. The van der Waals surface area contributed by atoms with E-state index in [1.54, 1.807) is 0 Å². The molecule has 2 aliphatic rings. The van der Waals surface area contributed by atoms with Crippen molar-refractivity contribution in [3.8, 4) is 6.07 Å². The Morgan fingerprint density at radius 3 is 2.28 bits per heavy atom. The van der Waals surface area contributed by atoms with Crippen LogP contribution in [0, 0.1) is 28.1 Å². The van der Waals surface area contributed by atoms with E-state index in [0.29, 0.717) is 5.91 Å². The van der Waals surface area contributed by atoms with E-state index in [0.717, 1.165) is 38.8 Å². The van der Waals surface area contributed by atoms with Crippen molar-refractivity contribution in [1.29, 1.82) is 5.26 Å². The maximum absolute atomic E-state index is 12.6. The topological polar surface area (TPSA) is 44.1 Å². The molecule has 1 unspecified atom stereocenters. The Morgan fingerprint density at radius 1 is 1.22 bits per heavy atom. The minimum Gasteiger partial charge on any atom is -0.342 e. The van der Waals surface area contributed by atoms with Crippen LogP contribution in [0.25, 0.3) is 0 Å². The summed E-state index contributed by atoms with van der Waals surface area (Å²) in [4.78, 5) is 14.6. The van der Waals surface area contributed by atoms with Crippen LogP contribution in [0.5, 0.6) is 0 Å². The third kappa shape index (κ3) is 2.39. The Balaban J connectivity index is 1.98. The molecule has 2 rings (SSSR count). The van der Waals surface area contributed by atoms with Gasteiger partial charge in [-0.2, -0.15) is 5.26 Å². The molecule has 0 aromatic carbocycles. The van der Waals surface area contributed by atoms with Crippen molar-refractivity contribution in [2.45, 2.75) is 52.9 Å². The Kier molecular flexibility index (Phi) is 3.40. The van der Waals surface area contributed by atoms with Gasteiger partial charge in [-0.05, 0) is 38.0 Å². The molecule has 1 atom stereocenters. The summed E-state index contributed by atoms with van der Waals surface area (Å²) >= 11 is 0. The minimum absolute atomic E-state index is 0.160. The lowest BCUT2D eigenvalue weighted by atomic mass is 9.79. The van der Waals surface area contributed by atoms with Gasteiger partial charge in [-0.3, -0.25) is 4.79 Å². The molecule has 18 heavy (non-hydrogen) atoms. The van der Waals surface area contributed by atoms with E-state index in [2.05, 4.69) is 19.9 Å². The number of carbonyl (C=O) groups is 1. The van der Waals surface area contributed by atoms with E-state index in [4.69, 9.17) is 5.26 Å². The first-order valence-electron chi connectivity index (χ1n) is 7.08. The Bertz CT molecular complexity index is 372. The fourth-order valence-electron chi connectivity index (χ4n) is 3.34. The summed E-state index contributed by atoms with van der Waals surface area (Å²) in [6, 6.07) is 2.39. The first-order chi connectivity index (χ1) is 8.38. The first-order valence-corrected chi connectivity index (χ1v) is 7.08. The zero-order valence-corrected chi connectivity index (χ0v) is 11.8. The number of rotatable bonds is 1. The van der Waals surface area contributed by atoms with Crippen LogP contribution < -0.4 is 0 Å². The zero-order valence-electron chi connectivity index (χ0n) is 11.8. The second kappa shape index (κ2) is 4.57. The van der Waals surface area contributed by atoms with Crippen molar-refractivity contribution < 1.29 is 4.79 Å². The summed E-state index contributed by atoms with van der Waals surface area (Å²) in [5.74, 6) is 0.529. The first kappa shape index (κ1) is 13.4. The van der Waals surface area contributed by atoms with Gasteiger partial charge in [0.2, 0.25) is 5.91 Å². The monoisotopic (exact) mass is 248 g/mol. The molecular formula is C15H24N2O. The third-order valence-electron chi connectivity index (χ3n) is 5.00. The SMILES string of the molecule is CC1(C#N)CCN(C(=O)C2CCCC2(C)C)CC1. The second-order valence-corrected chi connectivity index (χ2v) is 6.93. The van der Waals surface area contributed by atoms with Crippen LogP contribution in [0.3, 0.4) is 0 Å². The van der Waals surface area contributed by atoms with Gasteiger partial charge in [-0.1, -0.05) is 20.3 Å². The second-order valence-electron chi connectivity index (χ2n) is 6.93. The smallest absolute Gasteiger partial charge is 0.226 e. The van der Waals surface area contributed by atoms with Gasteiger partial charge < -0.3 is 4.90 Å². The summed E-state index contributed by atoms with van der Waals surface area (Å²) in [5, 5.41) is 9.12. The minimum atomic E-state index is -0.220. The number of amides is 1. The quantitative estimate of drug-likeness (QED) is 0.716. The maximum atomic E-state index is 12.6. The normalized spacial score (nSPS) is 29.9. The number of carbonyl (C=O) groups excluding carboxylic acids is 1. The van der Waals surface area contributed by atoms with Crippen molar-refractivity contribution >= 4 is 5.91 Å². The van der Waals surface area contributed by atoms with Gasteiger partial charge in [-0.25, -0.2) is 0 Å². The number of likely N-dealkylation sites (tertiary alicyclic amines) is 1. The molecule has 100 valence electrons. The van der Waals surface area contributed by atoms with Crippen LogP contribution in [0.1, 0.15) is 52.9 Å². The van der Waals surface area contributed by atoms with E-state index in [9.17, 15) is 4.79 Å². The molecular weight excluding hydrogens is 224 g/mol. The van der Waals surface area contributed by atoms with Crippen molar-refractivity contribution in [1.82, 2.24) is 4.90 Å². The molecule has 0 aromatic rings. The number of hydrogen-bond acceptors (Lipinski definition) is 2. The van der Waals surface area contributed by atoms with E-state index in [1.807, 2.05) is 11.8 Å². The lowest BCUT2D eigenvalue weighted by Crippen LogP contribution is -2.46. The van der Waals surface area contributed by atoms with Gasteiger partial charge in [0.25, 0.3) is 0 Å². The average molecular weight is 248 g/mol. The fraction of sp³-hybridized carbons (Fsp3) is 0.867. The predicted molar refractivity (Wildman–Crippen MR) is 70.7 cm³/mol. The summed E-state index contributed by atoms with van der Waals surface area (Å²) in [5.41, 5.74) is -0.0605. The van der Waals surface area contributed by atoms with Crippen LogP contribution in [0.4, 0.5) is 0 Å². The molecule has 3 nitrogen and oxygen atoms in total. The molecule has 0 N–H and O–H groups in total. The van der Waals surface area contributed by atoms with Gasteiger partial charge in [-0.15, -0.1) is 0 Å². The zero-order chi connectivity index (χ0) is 13.4. The van der Waals surface area contributed by atoms with Gasteiger partial charge in [0.1, 0.15) is 0 Å². The van der Waals surface area contributed by atoms with E-state index in [-0.39, 0.29) is 16.7 Å². The molecule has 0 radical (unpaired) electrons. The molecule has 1 saturated carbocycles. The number of piperidine rings is 1. The highest BCUT2D eigenvalue weighted by Crippen LogP contribution is 2.44. The van der Waals surface area contributed by atoms with Crippen molar-refractivity contribution in [3.63, 3.8) is 0 Å². The molecule has 1 saturated heterocycles. The van der Waals surface area contributed by atoms with Gasteiger partial charge in [0.05, 0.1) is 11.5 Å². The van der Waals surface area contributed by atoms with Crippen molar-refractivity contribution in [3.05, 3.63) is 0 Å². The van der Waals surface area contributed by atoms with Crippen LogP contribution in [0.15, 0.2) is 0 Å². The highest BCUT2D eigenvalue weighted by atomic mass is 16.2. The molecule has 0 bridgehead atoms. The van der Waals surface area contributed by atoms with E-state index >= 15 is 0 Å². The lowest BCUT2D eigenvalue weighted by Gasteiger charge is -2.38. The van der Waals surface area contributed by atoms with Crippen LogP contribution in [-0.4, -0.2) is 23.9 Å². The highest BCUT2D eigenvalue weighted by Gasteiger charge is 2.42. The van der Waals surface area contributed by atoms with Gasteiger partial charge >= 0.3 is 0 Å². The van der Waals surface area contributed by atoms with Gasteiger partial charge in [0.15, 0.2) is 0 Å². The number of hydrogen-bond donors (Lipinski definition) is 0. The summed E-state index contributed by atoms with van der Waals surface area (Å²) in [6.45, 7) is 7.96. The average Bonchev–Trinajstić information content (AvgIpc) is 2.69. The van der Waals surface area contributed by atoms with Crippen LogP contribution >= 0.6 is 0 Å². The van der Waals surface area contributed by atoms with Crippen molar-refractivity contribution in [2.24, 2.45) is 16.7 Å². The fourth-order valence-corrected chi connectivity index (χ4v) is 3.34. The maximum Gasteiger partial charge on any atom is 0.226 e. The summed E-state index contributed by atoms with van der Waals surface area (Å²) in [6.07, 6.45) is 5.02.